The van der Waals surface area contributed by atoms with Gasteiger partial charge in [0.2, 0.25) is 5.91 Å². The van der Waals surface area contributed by atoms with Crippen LogP contribution in [-0.4, -0.2) is 25.6 Å². The number of nitrogens with zero attached hydrogens (tertiary/aromatic N) is 1. The molecule has 1 saturated heterocycles. The van der Waals surface area contributed by atoms with E-state index in [1.165, 1.54) is 0 Å². The summed E-state index contributed by atoms with van der Waals surface area (Å²) in [5, 5.41) is 0. The first-order valence-corrected chi connectivity index (χ1v) is 7.65. The molecule has 0 radical (unpaired) electrons. The van der Waals surface area contributed by atoms with Crippen molar-refractivity contribution in [1.29, 1.82) is 0 Å². The molecule has 21 heavy (non-hydrogen) atoms. The van der Waals surface area contributed by atoms with Gasteiger partial charge in [-0.05, 0) is 37.3 Å². The number of nitrogen functional groups attached to an aromatic ring is 1. The summed E-state index contributed by atoms with van der Waals surface area (Å²) in [5.41, 5.74) is 13.0. The van der Waals surface area contributed by atoms with Gasteiger partial charge in [0.25, 0.3) is 0 Å². The zero-order valence-electron chi connectivity index (χ0n) is 12.7. The van der Waals surface area contributed by atoms with E-state index in [1.54, 1.807) is 0 Å². The molecule has 0 aliphatic carbocycles. The summed E-state index contributed by atoms with van der Waals surface area (Å²) in [6, 6.07) is 5.94. The number of hydrogen-bond donors (Lipinski definition) is 2. The summed E-state index contributed by atoms with van der Waals surface area (Å²) < 4.78 is 5.68. The molecule has 0 aromatic heterocycles. The van der Waals surface area contributed by atoms with Crippen LogP contribution in [0.3, 0.4) is 0 Å². The zero-order chi connectivity index (χ0) is 15.2. The van der Waals surface area contributed by atoms with E-state index < -0.39 is 0 Å². The highest BCUT2D eigenvalue weighted by Gasteiger charge is 2.21. The van der Waals surface area contributed by atoms with Gasteiger partial charge < -0.3 is 21.1 Å². The number of amides is 1. The van der Waals surface area contributed by atoms with Gasteiger partial charge in [-0.15, -0.1) is 0 Å². The number of carbonyl (C=O) groups is 1. The smallest absolute Gasteiger partial charge is 0.217 e. The Bertz CT molecular complexity index is 482. The first-order valence-electron chi connectivity index (χ1n) is 7.65. The lowest BCUT2D eigenvalue weighted by Crippen LogP contribution is -2.35. The minimum atomic E-state index is -0.198. The number of ether oxygens (including phenoxy) is 1. The second-order valence-corrected chi connectivity index (χ2v) is 5.67. The lowest BCUT2D eigenvalue weighted by Gasteiger charge is -2.33. The van der Waals surface area contributed by atoms with Crippen LogP contribution in [0.1, 0.15) is 32.6 Å². The molecule has 1 aromatic rings. The second kappa shape index (κ2) is 7.20. The van der Waals surface area contributed by atoms with Gasteiger partial charge in [-0.2, -0.15) is 0 Å². The molecule has 0 spiro atoms. The van der Waals surface area contributed by atoms with Gasteiger partial charge in [0, 0.05) is 31.3 Å². The predicted molar refractivity (Wildman–Crippen MR) is 85.4 cm³/mol. The van der Waals surface area contributed by atoms with Crippen molar-refractivity contribution in [2.45, 2.75) is 32.6 Å². The van der Waals surface area contributed by atoms with Crippen LogP contribution >= 0.6 is 0 Å². The van der Waals surface area contributed by atoms with Gasteiger partial charge in [-0.25, -0.2) is 0 Å². The summed E-state index contributed by atoms with van der Waals surface area (Å²) >= 11 is 0. The van der Waals surface area contributed by atoms with Gasteiger partial charge in [0.15, 0.2) is 0 Å². The van der Waals surface area contributed by atoms with Crippen molar-refractivity contribution in [1.82, 2.24) is 0 Å². The molecule has 0 saturated carbocycles. The summed E-state index contributed by atoms with van der Waals surface area (Å²) in [6.45, 7) is 4.63. The van der Waals surface area contributed by atoms with E-state index in [0.29, 0.717) is 24.6 Å². The third-order valence-corrected chi connectivity index (χ3v) is 3.93. The van der Waals surface area contributed by atoms with E-state index in [2.05, 4.69) is 11.8 Å². The molecule has 1 aromatic carbocycles. The molecule has 1 aliphatic heterocycles. The lowest BCUT2D eigenvalue weighted by atomic mass is 9.93. The zero-order valence-corrected chi connectivity index (χ0v) is 12.7. The van der Waals surface area contributed by atoms with Crippen LogP contribution in [0.25, 0.3) is 0 Å². The Hall–Kier alpha value is -1.91. The van der Waals surface area contributed by atoms with Crippen molar-refractivity contribution >= 4 is 17.3 Å². The van der Waals surface area contributed by atoms with Gasteiger partial charge >= 0.3 is 0 Å². The summed E-state index contributed by atoms with van der Waals surface area (Å²) in [7, 11) is 0. The first-order chi connectivity index (χ1) is 10.1. The second-order valence-electron chi connectivity index (χ2n) is 5.67. The molecule has 5 heteroatoms. The number of primary amides is 1. The molecule has 1 amide bonds. The molecule has 4 N–H and O–H groups in total. The fourth-order valence-electron chi connectivity index (χ4n) is 2.74. The summed E-state index contributed by atoms with van der Waals surface area (Å²) in [4.78, 5) is 13.3. The predicted octanol–water partition coefficient (Wildman–Crippen LogP) is 2.15. The number of piperidine rings is 1. The Morgan fingerprint density at radius 2 is 2.10 bits per heavy atom. The molecule has 5 nitrogen and oxygen atoms in total. The SMILES string of the molecule is CCCOc1cc(N2CCC(CC(N)=O)CC2)ccc1N. The van der Waals surface area contributed by atoms with Crippen molar-refractivity contribution in [3.8, 4) is 5.75 Å². The molecule has 2 rings (SSSR count). The Balaban J connectivity index is 1.98. The van der Waals surface area contributed by atoms with Crippen LogP contribution in [-0.2, 0) is 4.79 Å². The standard InChI is InChI=1S/C16H25N3O2/c1-2-9-21-15-11-13(3-4-14(15)17)19-7-5-12(6-8-19)10-16(18)20/h3-4,11-12H,2,5-10,17H2,1H3,(H2,18,20). The average molecular weight is 291 g/mol. The highest BCUT2D eigenvalue weighted by Crippen LogP contribution is 2.31. The highest BCUT2D eigenvalue weighted by atomic mass is 16.5. The molecule has 1 heterocycles. The van der Waals surface area contributed by atoms with Crippen molar-refractivity contribution in [2.75, 3.05) is 30.3 Å². The van der Waals surface area contributed by atoms with E-state index in [0.717, 1.165) is 43.8 Å². The summed E-state index contributed by atoms with van der Waals surface area (Å²) in [6.07, 6.45) is 3.46. The van der Waals surface area contributed by atoms with Gasteiger partial charge in [-0.3, -0.25) is 4.79 Å². The Morgan fingerprint density at radius 3 is 2.71 bits per heavy atom. The maximum atomic E-state index is 11.0. The van der Waals surface area contributed by atoms with Crippen LogP contribution in [0.15, 0.2) is 18.2 Å². The molecular weight excluding hydrogens is 266 g/mol. The number of carbonyl (C=O) groups excluding carboxylic acids is 1. The molecule has 0 atom stereocenters. The molecule has 116 valence electrons. The number of benzene rings is 1. The van der Waals surface area contributed by atoms with Crippen LogP contribution < -0.4 is 21.1 Å². The van der Waals surface area contributed by atoms with E-state index >= 15 is 0 Å². The third-order valence-electron chi connectivity index (χ3n) is 3.93. The molecule has 0 unspecified atom stereocenters. The molecular formula is C16H25N3O2. The van der Waals surface area contributed by atoms with Crippen LogP contribution in [0.5, 0.6) is 5.75 Å². The minimum Gasteiger partial charge on any atom is -0.491 e. The number of nitrogens with two attached hydrogens (primary N) is 2. The van der Waals surface area contributed by atoms with E-state index in [1.807, 2.05) is 18.2 Å². The van der Waals surface area contributed by atoms with Crippen molar-refractivity contribution in [3.05, 3.63) is 18.2 Å². The van der Waals surface area contributed by atoms with Crippen molar-refractivity contribution in [2.24, 2.45) is 11.7 Å². The Kier molecular flexibility index (Phi) is 5.31. The minimum absolute atomic E-state index is 0.198. The van der Waals surface area contributed by atoms with Crippen LogP contribution in [0.2, 0.25) is 0 Å². The van der Waals surface area contributed by atoms with Crippen LogP contribution in [0.4, 0.5) is 11.4 Å². The van der Waals surface area contributed by atoms with E-state index in [4.69, 9.17) is 16.2 Å². The van der Waals surface area contributed by atoms with Crippen LogP contribution in [0, 0.1) is 5.92 Å². The van der Waals surface area contributed by atoms with Gasteiger partial charge in [0.1, 0.15) is 5.75 Å². The maximum absolute atomic E-state index is 11.0. The number of hydrogen-bond acceptors (Lipinski definition) is 4. The van der Waals surface area contributed by atoms with Crippen molar-refractivity contribution in [3.63, 3.8) is 0 Å². The number of rotatable bonds is 6. The van der Waals surface area contributed by atoms with Gasteiger partial charge in [-0.1, -0.05) is 6.92 Å². The fraction of sp³-hybridized carbons (Fsp3) is 0.562. The Morgan fingerprint density at radius 1 is 1.38 bits per heavy atom. The topological polar surface area (TPSA) is 81.6 Å². The normalized spacial score (nSPS) is 16.0. The van der Waals surface area contributed by atoms with E-state index in [-0.39, 0.29) is 5.91 Å². The Labute approximate surface area is 126 Å². The first kappa shape index (κ1) is 15.5. The quantitative estimate of drug-likeness (QED) is 0.787. The monoisotopic (exact) mass is 291 g/mol. The maximum Gasteiger partial charge on any atom is 0.217 e. The van der Waals surface area contributed by atoms with Gasteiger partial charge in [0.05, 0.1) is 12.3 Å². The summed E-state index contributed by atoms with van der Waals surface area (Å²) in [5.74, 6) is 0.980. The molecule has 1 fully saturated rings. The van der Waals surface area contributed by atoms with Crippen molar-refractivity contribution < 1.29 is 9.53 Å². The molecule has 0 bridgehead atoms. The largest absolute Gasteiger partial charge is 0.491 e. The highest BCUT2D eigenvalue weighted by molar-refractivity contribution is 5.74. The van der Waals surface area contributed by atoms with E-state index in [9.17, 15) is 4.79 Å². The average Bonchev–Trinajstić information content (AvgIpc) is 2.47. The fourth-order valence-corrected chi connectivity index (χ4v) is 2.74. The molecule has 1 aliphatic rings. The lowest BCUT2D eigenvalue weighted by molar-refractivity contribution is -0.119. The number of anilines is 2. The third kappa shape index (κ3) is 4.28.